The second-order valence-corrected chi connectivity index (χ2v) is 4.04. The van der Waals surface area contributed by atoms with Crippen LogP contribution in [0, 0.1) is 5.82 Å². The summed E-state index contributed by atoms with van der Waals surface area (Å²) >= 11 is 1.57. The van der Waals surface area contributed by atoms with Crippen LogP contribution in [0.3, 0.4) is 0 Å². The maximum atomic E-state index is 13.1. The van der Waals surface area contributed by atoms with Crippen molar-refractivity contribution in [3.63, 3.8) is 0 Å². The number of thioether (sulfide) groups is 1. The smallest absolute Gasteiger partial charge is 0.150 e. The topological polar surface area (TPSA) is 14.2 Å². The van der Waals surface area contributed by atoms with Crippen LogP contribution in [0.5, 0.6) is 5.75 Å². The highest BCUT2D eigenvalue weighted by Gasteiger charge is 2.10. The predicted molar refractivity (Wildman–Crippen MR) is 64.1 cm³/mol. The zero-order chi connectivity index (χ0) is 11.5. The van der Waals surface area contributed by atoms with Crippen LogP contribution in [0.2, 0.25) is 0 Å². The number of ether oxygens (including phenoxy) is 1. The first-order valence-corrected chi connectivity index (χ1v) is 6.04. The predicted octanol–water partition coefficient (Wildman–Crippen LogP) is 3.35. The van der Waals surface area contributed by atoms with Crippen LogP contribution >= 0.6 is 11.8 Å². The van der Waals surface area contributed by atoms with Gasteiger partial charge in [0.2, 0.25) is 0 Å². The molecule has 0 aliphatic heterocycles. The van der Waals surface area contributed by atoms with Gasteiger partial charge in [0.05, 0.1) is 7.11 Å². The molecule has 1 heterocycles. The summed E-state index contributed by atoms with van der Waals surface area (Å²) in [5.74, 6) is 0.564. The number of halogens is 1. The number of rotatable bonds is 3. The summed E-state index contributed by atoms with van der Waals surface area (Å²) in [5, 5.41) is 0.966. The van der Waals surface area contributed by atoms with Gasteiger partial charge in [0.1, 0.15) is 10.8 Å². The van der Waals surface area contributed by atoms with Crippen LogP contribution in [-0.4, -0.2) is 17.9 Å². The van der Waals surface area contributed by atoms with E-state index in [1.807, 2.05) is 29.2 Å². The molecule has 4 heteroatoms. The number of methoxy groups -OCH3 is 1. The molecule has 0 fully saturated rings. The third-order valence-electron chi connectivity index (χ3n) is 2.30. The molecule has 84 valence electrons. The number of hydrogen-bond donors (Lipinski definition) is 0. The maximum absolute atomic E-state index is 13.1. The summed E-state index contributed by atoms with van der Waals surface area (Å²) in [5.41, 5.74) is 0.799. The van der Waals surface area contributed by atoms with E-state index in [0.29, 0.717) is 0 Å². The summed E-state index contributed by atoms with van der Waals surface area (Å²) in [6, 6.07) is 8.36. The van der Waals surface area contributed by atoms with Gasteiger partial charge in [0, 0.05) is 11.9 Å². The zero-order valence-electron chi connectivity index (χ0n) is 9.11. The second kappa shape index (κ2) is 4.61. The Labute approximate surface area is 98.0 Å². The van der Waals surface area contributed by atoms with Crippen molar-refractivity contribution in [2.75, 3.05) is 13.4 Å². The Morgan fingerprint density at radius 1 is 1.31 bits per heavy atom. The van der Waals surface area contributed by atoms with E-state index in [4.69, 9.17) is 4.74 Å². The number of nitrogens with zero attached hydrogens (tertiary/aromatic N) is 1. The first kappa shape index (κ1) is 11.1. The zero-order valence-corrected chi connectivity index (χ0v) is 9.92. The molecule has 16 heavy (non-hydrogen) atoms. The molecule has 0 radical (unpaired) electrons. The van der Waals surface area contributed by atoms with E-state index in [9.17, 15) is 4.39 Å². The highest BCUT2D eigenvalue weighted by Crippen LogP contribution is 2.31. The number of aromatic nitrogens is 1. The summed E-state index contributed by atoms with van der Waals surface area (Å²) < 4.78 is 20.3. The lowest BCUT2D eigenvalue weighted by atomic mass is 10.3. The molecular formula is C12H12FNOS. The molecule has 0 atom stereocenters. The third kappa shape index (κ3) is 1.93. The van der Waals surface area contributed by atoms with Crippen LogP contribution in [0.1, 0.15) is 0 Å². The SMILES string of the molecule is COc1ccn(-c2cccc(F)c2)c1SC. The largest absolute Gasteiger partial charge is 0.494 e. The second-order valence-electron chi connectivity index (χ2n) is 3.24. The minimum atomic E-state index is -0.239. The van der Waals surface area contributed by atoms with Crippen LogP contribution in [0.15, 0.2) is 41.6 Å². The van der Waals surface area contributed by atoms with Crippen LogP contribution in [-0.2, 0) is 0 Å². The van der Waals surface area contributed by atoms with Crippen molar-refractivity contribution in [2.45, 2.75) is 5.03 Å². The standard InChI is InChI=1S/C12H12FNOS/c1-15-11-6-7-14(12(11)16-2)10-5-3-4-9(13)8-10/h3-8H,1-2H3. The van der Waals surface area contributed by atoms with E-state index >= 15 is 0 Å². The van der Waals surface area contributed by atoms with Gasteiger partial charge in [-0.2, -0.15) is 0 Å². The summed E-state index contributed by atoms with van der Waals surface area (Å²) in [6.45, 7) is 0. The van der Waals surface area contributed by atoms with Gasteiger partial charge in [-0.25, -0.2) is 4.39 Å². The number of hydrogen-bond acceptors (Lipinski definition) is 2. The summed E-state index contributed by atoms with van der Waals surface area (Å²) in [7, 11) is 1.63. The Hall–Kier alpha value is -1.42. The van der Waals surface area contributed by atoms with Crippen molar-refractivity contribution < 1.29 is 9.13 Å². The number of benzene rings is 1. The van der Waals surface area contributed by atoms with Crippen molar-refractivity contribution in [3.05, 3.63) is 42.3 Å². The minimum absolute atomic E-state index is 0.239. The molecule has 0 saturated heterocycles. The molecule has 0 N–H and O–H groups in total. The van der Waals surface area contributed by atoms with E-state index in [-0.39, 0.29) is 5.82 Å². The molecule has 2 rings (SSSR count). The molecule has 0 spiro atoms. The molecule has 2 nitrogen and oxygen atoms in total. The Morgan fingerprint density at radius 2 is 2.12 bits per heavy atom. The van der Waals surface area contributed by atoms with Crippen molar-refractivity contribution >= 4 is 11.8 Å². The molecule has 0 amide bonds. The van der Waals surface area contributed by atoms with Crippen LogP contribution < -0.4 is 4.74 Å². The Bertz CT molecular complexity index is 496. The van der Waals surface area contributed by atoms with Gasteiger partial charge in [0.15, 0.2) is 5.75 Å². The Balaban J connectivity index is 2.51. The van der Waals surface area contributed by atoms with Gasteiger partial charge < -0.3 is 9.30 Å². The normalized spacial score (nSPS) is 10.4. The first-order valence-electron chi connectivity index (χ1n) is 4.81. The van der Waals surface area contributed by atoms with E-state index in [1.54, 1.807) is 24.9 Å². The molecule has 0 bridgehead atoms. The fourth-order valence-electron chi connectivity index (χ4n) is 1.58. The van der Waals surface area contributed by atoms with Crippen molar-refractivity contribution in [1.29, 1.82) is 0 Å². The summed E-state index contributed by atoms with van der Waals surface area (Å²) in [4.78, 5) is 0. The lowest BCUT2D eigenvalue weighted by Gasteiger charge is -2.08. The van der Waals surface area contributed by atoms with Gasteiger partial charge in [-0.15, -0.1) is 11.8 Å². The highest BCUT2D eigenvalue weighted by molar-refractivity contribution is 7.98. The van der Waals surface area contributed by atoms with Gasteiger partial charge >= 0.3 is 0 Å². The lowest BCUT2D eigenvalue weighted by Crippen LogP contribution is -1.95. The first-order chi connectivity index (χ1) is 7.76. The molecule has 1 aromatic heterocycles. The molecule has 0 unspecified atom stereocenters. The minimum Gasteiger partial charge on any atom is -0.494 e. The highest BCUT2D eigenvalue weighted by atomic mass is 32.2. The fourth-order valence-corrected chi connectivity index (χ4v) is 2.30. The van der Waals surface area contributed by atoms with Gasteiger partial charge in [0.25, 0.3) is 0 Å². The van der Waals surface area contributed by atoms with Crippen molar-refractivity contribution in [2.24, 2.45) is 0 Å². The molecule has 0 aliphatic rings. The molecule has 0 aliphatic carbocycles. The molecular weight excluding hydrogens is 225 g/mol. The quantitative estimate of drug-likeness (QED) is 0.760. The summed E-state index contributed by atoms with van der Waals surface area (Å²) in [6.07, 6.45) is 3.84. The average molecular weight is 237 g/mol. The van der Waals surface area contributed by atoms with Crippen LogP contribution in [0.4, 0.5) is 4.39 Å². The van der Waals surface area contributed by atoms with E-state index in [2.05, 4.69) is 0 Å². The monoisotopic (exact) mass is 237 g/mol. The Kier molecular flexibility index (Phi) is 3.19. The van der Waals surface area contributed by atoms with E-state index < -0.39 is 0 Å². The third-order valence-corrected chi connectivity index (χ3v) is 3.09. The molecule has 2 aromatic rings. The van der Waals surface area contributed by atoms with Gasteiger partial charge in [-0.3, -0.25) is 0 Å². The lowest BCUT2D eigenvalue weighted by molar-refractivity contribution is 0.403. The maximum Gasteiger partial charge on any atom is 0.150 e. The fraction of sp³-hybridized carbons (Fsp3) is 0.167. The Morgan fingerprint density at radius 3 is 2.75 bits per heavy atom. The molecule has 1 aromatic carbocycles. The van der Waals surface area contributed by atoms with Gasteiger partial charge in [-0.05, 0) is 30.5 Å². The molecule has 0 saturated carbocycles. The van der Waals surface area contributed by atoms with E-state index in [1.165, 1.54) is 12.1 Å². The van der Waals surface area contributed by atoms with Crippen LogP contribution in [0.25, 0.3) is 5.69 Å². The van der Waals surface area contributed by atoms with E-state index in [0.717, 1.165) is 16.5 Å². The average Bonchev–Trinajstić information content (AvgIpc) is 2.71. The van der Waals surface area contributed by atoms with Crippen molar-refractivity contribution in [1.82, 2.24) is 4.57 Å². The van der Waals surface area contributed by atoms with Gasteiger partial charge in [-0.1, -0.05) is 6.07 Å². The van der Waals surface area contributed by atoms with Crippen molar-refractivity contribution in [3.8, 4) is 11.4 Å².